The summed E-state index contributed by atoms with van der Waals surface area (Å²) in [4.78, 5) is 14.2. The Labute approximate surface area is 102 Å². The molecule has 2 heterocycles. The molecule has 0 bridgehead atoms. The topological polar surface area (TPSA) is 32.3 Å². The lowest BCUT2D eigenvalue weighted by Crippen LogP contribution is -2.59. The van der Waals surface area contributed by atoms with Crippen molar-refractivity contribution in [3.8, 4) is 0 Å². The number of amides is 1. The van der Waals surface area contributed by atoms with Gasteiger partial charge in [-0.2, -0.15) is 0 Å². The number of carbonyl (C=O) groups is 1. The quantitative estimate of drug-likeness (QED) is 0.791. The molecule has 1 amide bonds. The third-order valence-corrected chi connectivity index (χ3v) is 3.94. The van der Waals surface area contributed by atoms with Gasteiger partial charge >= 0.3 is 0 Å². The minimum absolute atomic E-state index is 0.186. The van der Waals surface area contributed by atoms with Crippen molar-refractivity contribution >= 4 is 5.91 Å². The smallest absolute Gasteiger partial charge is 0.253 e. The van der Waals surface area contributed by atoms with Crippen LogP contribution in [0.1, 0.15) is 22.3 Å². The molecule has 0 aromatic heterocycles. The van der Waals surface area contributed by atoms with Gasteiger partial charge in [0.15, 0.2) is 0 Å². The van der Waals surface area contributed by atoms with Gasteiger partial charge in [-0.05, 0) is 32.0 Å². The second kappa shape index (κ2) is 3.84. The molecule has 2 aliphatic rings. The van der Waals surface area contributed by atoms with E-state index in [9.17, 15) is 4.79 Å². The second-order valence-corrected chi connectivity index (χ2v) is 5.46. The lowest BCUT2D eigenvalue weighted by atomic mass is 9.79. The lowest BCUT2D eigenvalue weighted by molar-refractivity contribution is 0.0159. The maximum atomic E-state index is 12.2. The van der Waals surface area contributed by atoms with Crippen LogP contribution >= 0.6 is 0 Å². The first-order valence-corrected chi connectivity index (χ1v) is 6.25. The molecule has 0 unspecified atom stereocenters. The van der Waals surface area contributed by atoms with Gasteiger partial charge in [-0.3, -0.25) is 4.79 Å². The Morgan fingerprint density at radius 1 is 1.41 bits per heavy atom. The van der Waals surface area contributed by atoms with Gasteiger partial charge in [-0.15, -0.1) is 0 Å². The average molecular weight is 230 g/mol. The number of hydrogen-bond acceptors (Lipinski definition) is 2. The van der Waals surface area contributed by atoms with Crippen LogP contribution in [-0.4, -0.2) is 37.0 Å². The second-order valence-electron chi connectivity index (χ2n) is 5.46. The molecule has 3 nitrogen and oxygen atoms in total. The van der Waals surface area contributed by atoms with Crippen molar-refractivity contribution in [2.24, 2.45) is 5.41 Å². The highest BCUT2D eigenvalue weighted by Gasteiger charge is 2.46. The average Bonchev–Trinajstić information content (AvgIpc) is 2.75. The van der Waals surface area contributed by atoms with Crippen molar-refractivity contribution in [3.05, 3.63) is 35.4 Å². The van der Waals surface area contributed by atoms with Crippen LogP contribution in [0.4, 0.5) is 0 Å². The summed E-state index contributed by atoms with van der Waals surface area (Å²) in [5.74, 6) is 0.186. The van der Waals surface area contributed by atoms with E-state index < -0.39 is 0 Å². The number of aryl methyl sites for hydroxylation is 1. The molecular formula is C14H18N2O. The molecule has 1 aromatic carbocycles. The van der Waals surface area contributed by atoms with Gasteiger partial charge in [0.1, 0.15) is 0 Å². The summed E-state index contributed by atoms with van der Waals surface area (Å²) in [6.45, 7) is 6.05. The Kier molecular flexibility index (Phi) is 2.44. The van der Waals surface area contributed by atoms with Crippen molar-refractivity contribution < 1.29 is 4.79 Å². The number of rotatable bonds is 1. The Bertz CT molecular complexity index is 441. The number of nitrogens with one attached hydrogen (secondary N) is 1. The van der Waals surface area contributed by atoms with Crippen molar-refractivity contribution in [2.45, 2.75) is 13.3 Å². The minimum Gasteiger partial charge on any atom is -0.337 e. The Hall–Kier alpha value is -1.35. The van der Waals surface area contributed by atoms with Gasteiger partial charge in [0.05, 0.1) is 0 Å². The van der Waals surface area contributed by atoms with E-state index >= 15 is 0 Å². The molecular weight excluding hydrogens is 212 g/mol. The molecule has 1 aromatic rings. The fraction of sp³-hybridized carbons (Fsp3) is 0.500. The van der Waals surface area contributed by atoms with Gasteiger partial charge < -0.3 is 10.2 Å². The zero-order chi connectivity index (χ0) is 11.9. The van der Waals surface area contributed by atoms with Gasteiger partial charge in [0, 0.05) is 30.6 Å². The number of likely N-dealkylation sites (tertiary alicyclic amines) is 1. The molecule has 2 saturated heterocycles. The van der Waals surface area contributed by atoms with E-state index in [1.165, 1.54) is 6.42 Å². The van der Waals surface area contributed by atoms with E-state index in [-0.39, 0.29) is 5.91 Å². The normalized spacial score (nSPS) is 21.6. The molecule has 3 heteroatoms. The zero-order valence-electron chi connectivity index (χ0n) is 10.2. The molecule has 0 atom stereocenters. The van der Waals surface area contributed by atoms with Crippen LogP contribution in [0.3, 0.4) is 0 Å². The van der Waals surface area contributed by atoms with E-state index in [1.54, 1.807) is 0 Å². The maximum Gasteiger partial charge on any atom is 0.253 e. The molecule has 17 heavy (non-hydrogen) atoms. The van der Waals surface area contributed by atoms with Crippen LogP contribution in [0, 0.1) is 12.3 Å². The summed E-state index contributed by atoms with van der Waals surface area (Å²) in [7, 11) is 0. The summed E-state index contributed by atoms with van der Waals surface area (Å²) in [5.41, 5.74) is 2.36. The minimum atomic E-state index is 0.186. The highest BCUT2D eigenvalue weighted by atomic mass is 16.2. The number of nitrogens with zero attached hydrogens (tertiary/aromatic N) is 1. The Morgan fingerprint density at radius 3 is 2.88 bits per heavy atom. The Balaban J connectivity index is 1.69. The van der Waals surface area contributed by atoms with Crippen LogP contribution in [0.2, 0.25) is 0 Å². The molecule has 3 rings (SSSR count). The summed E-state index contributed by atoms with van der Waals surface area (Å²) in [6, 6.07) is 7.86. The molecule has 2 fully saturated rings. The predicted octanol–water partition coefficient (Wildman–Crippen LogP) is 1.43. The fourth-order valence-electron chi connectivity index (χ4n) is 2.93. The van der Waals surface area contributed by atoms with Crippen molar-refractivity contribution in [1.82, 2.24) is 10.2 Å². The first kappa shape index (κ1) is 10.8. The van der Waals surface area contributed by atoms with Crippen LogP contribution < -0.4 is 5.32 Å². The zero-order valence-corrected chi connectivity index (χ0v) is 10.2. The summed E-state index contributed by atoms with van der Waals surface area (Å²) < 4.78 is 0. The number of carbonyl (C=O) groups excluding carboxylic acids is 1. The van der Waals surface area contributed by atoms with Gasteiger partial charge in [0.2, 0.25) is 0 Å². The number of benzene rings is 1. The molecule has 0 aliphatic carbocycles. The third-order valence-electron chi connectivity index (χ3n) is 3.94. The van der Waals surface area contributed by atoms with Gasteiger partial charge in [0.25, 0.3) is 5.91 Å². The predicted molar refractivity (Wildman–Crippen MR) is 67.0 cm³/mol. The van der Waals surface area contributed by atoms with Crippen LogP contribution in [-0.2, 0) is 0 Å². The monoisotopic (exact) mass is 230 g/mol. The van der Waals surface area contributed by atoms with Crippen LogP contribution in [0.5, 0.6) is 0 Å². The summed E-state index contributed by atoms with van der Waals surface area (Å²) in [6.07, 6.45) is 1.21. The SMILES string of the molecule is Cc1cccc(C(=O)N2CC3(CCNC3)C2)c1. The molecule has 1 spiro atoms. The first-order chi connectivity index (χ1) is 8.19. The molecule has 90 valence electrons. The Morgan fingerprint density at radius 2 is 2.24 bits per heavy atom. The van der Waals surface area contributed by atoms with Crippen LogP contribution in [0.25, 0.3) is 0 Å². The largest absolute Gasteiger partial charge is 0.337 e. The van der Waals surface area contributed by atoms with E-state index in [0.717, 1.165) is 37.3 Å². The van der Waals surface area contributed by atoms with E-state index in [4.69, 9.17) is 0 Å². The fourth-order valence-corrected chi connectivity index (χ4v) is 2.93. The maximum absolute atomic E-state index is 12.2. The van der Waals surface area contributed by atoms with Gasteiger partial charge in [-0.25, -0.2) is 0 Å². The molecule has 0 saturated carbocycles. The van der Waals surface area contributed by atoms with Crippen molar-refractivity contribution in [3.63, 3.8) is 0 Å². The summed E-state index contributed by atoms with van der Waals surface area (Å²) >= 11 is 0. The number of hydrogen-bond donors (Lipinski definition) is 1. The van der Waals surface area contributed by atoms with Crippen LogP contribution in [0.15, 0.2) is 24.3 Å². The first-order valence-electron chi connectivity index (χ1n) is 6.25. The highest BCUT2D eigenvalue weighted by molar-refractivity contribution is 5.95. The molecule has 0 radical (unpaired) electrons. The van der Waals surface area contributed by atoms with Crippen molar-refractivity contribution in [1.29, 1.82) is 0 Å². The highest BCUT2D eigenvalue weighted by Crippen LogP contribution is 2.36. The molecule has 2 aliphatic heterocycles. The van der Waals surface area contributed by atoms with Crippen molar-refractivity contribution in [2.75, 3.05) is 26.2 Å². The standard InChI is InChI=1S/C14H18N2O/c1-11-3-2-4-12(7-11)13(17)16-9-14(10-16)5-6-15-8-14/h2-4,7,15H,5-6,8-10H2,1H3. The van der Waals surface area contributed by atoms with E-state index in [2.05, 4.69) is 5.32 Å². The van der Waals surface area contributed by atoms with Gasteiger partial charge in [-0.1, -0.05) is 17.7 Å². The molecule has 1 N–H and O–H groups in total. The third kappa shape index (κ3) is 1.84. The lowest BCUT2D eigenvalue weighted by Gasteiger charge is -2.47. The van der Waals surface area contributed by atoms with E-state index in [1.807, 2.05) is 36.1 Å². The summed E-state index contributed by atoms with van der Waals surface area (Å²) in [5, 5.41) is 3.39. The van der Waals surface area contributed by atoms with E-state index in [0.29, 0.717) is 5.41 Å².